The maximum atomic E-state index is 13.0. The van der Waals surface area contributed by atoms with Crippen molar-refractivity contribution in [1.82, 2.24) is 0 Å². The van der Waals surface area contributed by atoms with Crippen molar-refractivity contribution < 1.29 is 9.59 Å². The third kappa shape index (κ3) is 3.80. The van der Waals surface area contributed by atoms with Gasteiger partial charge in [-0.05, 0) is 46.7 Å². The molecule has 4 nitrogen and oxygen atoms in total. The summed E-state index contributed by atoms with van der Waals surface area (Å²) >= 11 is 1.60. The first-order valence-electron chi connectivity index (χ1n) is 10.1. The van der Waals surface area contributed by atoms with Gasteiger partial charge >= 0.3 is 0 Å². The number of amides is 2. The predicted octanol–water partition coefficient (Wildman–Crippen LogP) is 5.87. The summed E-state index contributed by atoms with van der Waals surface area (Å²) in [7, 11) is 0. The number of hydrogen-bond acceptors (Lipinski definition) is 3. The third-order valence-electron chi connectivity index (χ3n) is 5.37. The Kier molecular flexibility index (Phi) is 5.18. The summed E-state index contributed by atoms with van der Waals surface area (Å²) in [6.45, 7) is 0. The summed E-state index contributed by atoms with van der Waals surface area (Å²) in [6, 6.07) is 31.0. The molecule has 1 fully saturated rings. The molecule has 4 aromatic carbocycles. The molecule has 1 saturated heterocycles. The number of anilines is 2. The molecule has 1 N–H and O–H groups in total. The predicted molar refractivity (Wildman–Crippen MR) is 127 cm³/mol. The van der Waals surface area contributed by atoms with Gasteiger partial charge in [0.2, 0.25) is 5.91 Å². The summed E-state index contributed by atoms with van der Waals surface area (Å²) in [5.41, 5.74) is 3.21. The minimum absolute atomic E-state index is 0.0893. The molecule has 5 heteroatoms. The molecule has 0 radical (unpaired) electrons. The van der Waals surface area contributed by atoms with Crippen LogP contribution in [-0.4, -0.2) is 17.6 Å². The number of nitrogens with zero attached hydrogens (tertiary/aromatic N) is 1. The van der Waals surface area contributed by atoms with Crippen LogP contribution in [0.15, 0.2) is 97.1 Å². The molecule has 152 valence electrons. The lowest BCUT2D eigenvalue weighted by molar-refractivity contribution is -0.115. The quantitative estimate of drug-likeness (QED) is 0.446. The Bertz CT molecular complexity index is 1270. The number of rotatable bonds is 4. The van der Waals surface area contributed by atoms with Crippen LogP contribution < -0.4 is 10.2 Å². The zero-order valence-electron chi connectivity index (χ0n) is 16.7. The molecule has 1 aliphatic heterocycles. The highest BCUT2D eigenvalue weighted by atomic mass is 32.2. The molecule has 0 bridgehead atoms. The van der Waals surface area contributed by atoms with Crippen molar-refractivity contribution in [3.8, 4) is 0 Å². The Morgan fingerprint density at radius 3 is 2.48 bits per heavy atom. The van der Waals surface area contributed by atoms with Crippen molar-refractivity contribution >= 4 is 45.7 Å². The second kappa shape index (κ2) is 8.28. The molecular weight excluding hydrogens is 404 g/mol. The fraction of sp³-hybridized carbons (Fsp3) is 0.0769. The lowest BCUT2D eigenvalue weighted by Gasteiger charge is -2.24. The van der Waals surface area contributed by atoms with E-state index in [2.05, 4.69) is 5.32 Å². The van der Waals surface area contributed by atoms with E-state index < -0.39 is 0 Å². The van der Waals surface area contributed by atoms with Gasteiger partial charge in [-0.25, -0.2) is 0 Å². The van der Waals surface area contributed by atoms with Crippen LogP contribution in [0.5, 0.6) is 0 Å². The average molecular weight is 425 g/mol. The summed E-state index contributed by atoms with van der Waals surface area (Å²) in [6.07, 6.45) is 0. The van der Waals surface area contributed by atoms with Crippen LogP contribution in [0, 0.1) is 0 Å². The number of hydrogen-bond donors (Lipinski definition) is 1. The van der Waals surface area contributed by atoms with E-state index in [1.807, 2.05) is 102 Å². The molecule has 0 aliphatic carbocycles. The van der Waals surface area contributed by atoms with Gasteiger partial charge in [0.15, 0.2) is 0 Å². The molecule has 5 rings (SSSR count). The molecule has 0 saturated carbocycles. The Hall–Kier alpha value is -3.57. The van der Waals surface area contributed by atoms with E-state index >= 15 is 0 Å². The van der Waals surface area contributed by atoms with Crippen LogP contribution in [-0.2, 0) is 4.79 Å². The summed E-state index contributed by atoms with van der Waals surface area (Å²) in [5.74, 6) is 0.377. The number of benzene rings is 4. The van der Waals surface area contributed by atoms with Gasteiger partial charge in [-0.1, -0.05) is 66.7 Å². The van der Waals surface area contributed by atoms with Crippen LogP contribution in [0.1, 0.15) is 21.3 Å². The monoisotopic (exact) mass is 424 g/mol. The third-order valence-corrected chi connectivity index (χ3v) is 6.58. The van der Waals surface area contributed by atoms with Crippen LogP contribution in [0.25, 0.3) is 10.8 Å². The van der Waals surface area contributed by atoms with Gasteiger partial charge in [-0.2, -0.15) is 0 Å². The molecular formula is C26H20N2O2S. The zero-order valence-corrected chi connectivity index (χ0v) is 17.5. The van der Waals surface area contributed by atoms with Crippen molar-refractivity contribution in [2.24, 2.45) is 0 Å². The van der Waals surface area contributed by atoms with Gasteiger partial charge < -0.3 is 5.32 Å². The molecule has 1 atom stereocenters. The maximum Gasteiger partial charge on any atom is 0.256 e. The van der Waals surface area contributed by atoms with Crippen LogP contribution in [0.3, 0.4) is 0 Å². The minimum Gasteiger partial charge on any atom is -0.322 e. The number of carbonyl (C=O) groups excluding carboxylic acids is 2. The molecule has 2 amide bonds. The van der Waals surface area contributed by atoms with Crippen molar-refractivity contribution in [3.63, 3.8) is 0 Å². The fourth-order valence-corrected chi connectivity index (χ4v) is 5.10. The Labute approximate surface area is 184 Å². The second-order valence-electron chi connectivity index (χ2n) is 7.37. The molecule has 0 spiro atoms. The van der Waals surface area contributed by atoms with Gasteiger partial charge in [0.05, 0.1) is 5.75 Å². The first kappa shape index (κ1) is 19.4. The van der Waals surface area contributed by atoms with E-state index in [0.717, 1.165) is 22.0 Å². The normalized spacial score (nSPS) is 15.9. The van der Waals surface area contributed by atoms with Gasteiger partial charge in [-0.3, -0.25) is 14.5 Å². The number of thioether (sulfide) groups is 1. The minimum atomic E-state index is -0.149. The van der Waals surface area contributed by atoms with Crippen molar-refractivity contribution in [2.75, 3.05) is 16.0 Å². The van der Waals surface area contributed by atoms with Gasteiger partial charge in [0.1, 0.15) is 5.37 Å². The topological polar surface area (TPSA) is 49.4 Å². The number of carbonyl (C=O) groups is 2. The summed E-state index contributed by atoms with van der Waals surface area (Å²) in [5, 5.41) is 4.86. The Morgan fingerprint density at radius 1 is 0.871 bits per heavy atom. The van der Waals surface area contributed by atoms with E-state index in [1.54, 1.807) is 11.8 Å². The van der Waals surface area contributed by atoms with E-state index in [4.69, 9.17) is 0 Å². The number of para-hydroxylation sites is 1. The van der Waals surface area contributed by atoms with Crippen LogP contribution in [0.2, 0.25) is 0 Å². The van der Waals surface area contributed by atoms with E-state index in [9.17, 15) is 9.59 Å². The molecule has 4 aromatic rings. The van der Waals surface area contributed by atoms with Gasteiger partial charge in [0, 0.05) is 16.9 Å². The lowest BCUT2D eigenvalue weighted by Crippen LogP contribution is -2.27. The van der Waals surface area contributed by atoms with E-state index in [1.165, 1.54) is 0 Å². The highest BCUT2D eigenvalue weighted by molar-refractivity contribution is 8.00. The van der Waals surface area contributed by atoms with Gasteiger partial charge in [0.25, 0.3) is 5.91 Å². The highest BCUT2D eigenvalue weighted by Gasteiger charge is 2.34. The van der Waals surface area contributed by atoms with Crippen molar-refractivity contribution in [1.29, 1.82) is 0 Å². The second-order valence-corrected chi connectivity index (χ2v) is 8.44. The molecule has 1 aliphatic rings. The Balaban J connectivity index is 1.43. The molecule has 1 unspecified atom stereocenters. The maximum absolute atomic E-state index is 13.0. The number of fused-ring (bicyclic) bond motifs is 1. The Morgan fingerprint density at radius 2 is 1.61 bits per heavy atom. The average Bonchev–Trinajstić information content (AvgIpc) is 3.21. The first-order valence-corrected chi connectivity index (χ1v) is 11.1. The fourth-order valence-electron chi connectivity index (χ4n) is 3.93. The van der Waals surface area contributed by atoms with E-state index in [0.29, 0.717) is 17.0 Å². The molecule has 31 heavy (non-hydrogen) atoms. The van der Waals surface area contributed by atoms with Crippen LogP contribution >= 0.6 is 11.8 Å². The molecule has 0 aromatic heterocycles. The largest absolute Gasteiger partial charge is 0.322 e. The van der Waals surface area contributed by atoms with Crippen molar-refractivity contribution in [2.45, 2.75) is 5.37 Å². The van der Waals surface area contributed by atoms with Gasteiger partial charge in [-0.15, -0.1) is 11.8 Å². The number of nitrogens with one attached hydrogen (secondary N) is 1. The lowest BCUT2D eigenvalue weighted by atomic mass is 10.0. The van der Waals surface area contributed by atoms with E-state index in [-0.39, 0.29) is 17.2 Å². The van der Waals surface area contributed by atoms with Crippen LogP contribution in [0.4, 0.5) is 11.4 Å². The standard InChI is InChI=1S/C26H20N2O2S/c29-24-17-31-26(28(24)21-12-2-1-3-13-21)19-10-6-11-20(16-19)27-25(30)23-15-7-9-18-8-4-5-14-22(18)23/h1-16,26H,17H2,(H,27,30). The summed E-state index contributed by atoms with van der Waals surface area (Å²) < 4.78 is 0. The summed E-state index contributed by atoms with van der Waals surface area (Å²) in [4.78, 5) is 27.4. The zero-order chi connectivity index (χ0) is 21.2. The molecule has 1 heterocycles. The smallest absolute Gasteiger partial charge is 0.256 e. The van der Waals surface area contributed by atoms with Crippen molar-refractivity contribution in [3.05, 3.63) is 108 Å². The SMILES string of the molecule is O=C(Nc1cccc(C2SCC(=O)N2c2ccccc2)c1)c1cccc2ccccc12. The first-order chi connectivity index (χ1) is 15.2. The highest BCUT2D eigenvalue weighted by Crippen LogP contribution is 2.42.